The van der Waals surface area contributed by atoms with Crippen LogP contribution in [0.1, 0.15) is 29.9 Å². The number of carbonyl (C=O) groups excluding carboxylic acids is 1. The fraction of sp³-hybridized carbons (Fsp3) is 0.300. The summed E-state index contributed by atoms with van der Waals surface area (Å²) in [6, 6.07) is 7.63. The van der Waals surface area contributed by atoms with Crippen LogP contribution in [0.25, 0.3) is 22.0 Å². The van der Waals surface area contributed by atoms with Gasteiger partial charge < -0.3 is 10.7 Å². The summed E-state index contributed by atoms with van der Waals surface area (Å²) in [7, 11) is -2.93. The highest BCUT2D eigenvalue weighted by Crippen LogP contribution is 2.37. The number of rotatable bonds is 4. The van der Waals surface area contributed by atoms with Gasteiger partial charge in [0.25, 0.3) is 0 Å². The fourth-order valence-electron chi connectivity index (χ4n) is 3.94. The van der Waals surface area contributed by atoms with E-state index in [1.54, 1.807) is 12.3 Å². The number of nitrogens with zero attached hydrogens (tertiary/aromatic N) is 1. The Morgan fingerprint density at radius 1 is 1.21 bits per heavy atom. The maximum absolute atomic E-state index is 11.8. The number of pyridine rings is 1. The van der Waals surface area contributed by atoms with Crippen LogP contribution >= 0.6 is 11.6 Å². The third kappa shape index (κ3) is 3.77. The minimum atomic E-state index is -2.93. The van der Waals surface area contributed by atoms with Crippen LogP contribution in [0.3, 0.4) is 0 Å². The first-order valence-electron chi connectivity index (χ1n) is 9.07. The second-order valence-electron chi connectivity index (χ2n) is 7.24. The molecule has 4 rings (SSSR count). The van der Waals surface area contributed by atoms with Crippen LogP contribution in [0.15, 0.2) is 36.7 Å². The quantitative estimate of drug-likeness (QED) is 0.635. The predicted octanol–water partition coefficient (Wildman–Crippen LogP) is 3.20. The Morgan fingerprint density at radius 3 is 2.64 bits per heavy atom. The molecule has 146 valence electrons. The van der Waals surface area contributed by atoms with E-state index in [-0.39, 0.29) is 23.8 Å². The molecular weight excluding hydrogens is 398 g/mol. The number of hydrogen-bond acceptors (Lipinski definition) is 4. The van der Waals surface area contributed by atoms with Gasteiger partial charge in [-0.05, 0) is 65.3 Å². The normalized spacial score (nSPS) is 17.0. The summed E-state index contributed by atoms with van der Waals surface area (Å²) in [4.78, 5) is 18.9. The first-order valence-corrected chi connectivity index (χ1v) is 11.3. The summed E-state index contributed by atoms with van der Waals surface area (Å²) in [6.07, 6.45) is 4.89. The standard InChI is InChI=1S/C20H20ClN3O3S/c21-18-9-13(1-4-23-18)14-7-15(10-19(22)25)20-16(8-14)17(11-24-20)12-2-5-28(26,27)6-3-12/h1,4,7-9,11-12,24H,2-3,5-6,10H2,(H2,22,25). The van der Waals surface area contributed by atoms with Crippen LogP contribution in [-0.2, 0) is 21.1 Å². The molecule has 3 N–H and O–H groups in total. The number of hydrogen-bond donors (Lipinski definition) is 2. The van der Waals surface area contributed by atoms with Gasteiger partial charge in [-0.15, -0.1) is 0 Å². The summed E-state index contributed by atoms with van der Waals surface area (Å²) < 4.78 is 23.6. The SMILES string of the molecule is NC(=O)Cc1cc(-c2ccnc(Cl)c2)cc2c(C3CCS(=O)(=O)CC3)c[nH]c12. The number of fused-ring (bicyclic) bond motifs is 1. The third-order valence-corrected chi connectivity index (χ3v) is 7.24. The molecule has 1 aliphatic rings. The van der Waals surface area contributed by atoms with Crippen molar-refractivity contribution in [2.45, 2.75) is 25.2 Å². The largest absolute Gasteiger partial charge is 0.369 e. The molecule has 1 fully saturated rings. The Bertz CT molecular complexity index is 1160. The van der Waals surface area contributed by atoms with Crippen molar-refractivity contribution < 1.29 is 13.2 Å². The van der Waals surface area contributed by atoms with E-state index in [2.05, 4.69) is 16.0 Å². The summed E-state index contributed by atoms with van der Waals surface area (Å²) in [5.74, 6) is 0.164. The van der Waals surface area contributed by atoms with Crippen molar-refractivity contribution in [1.29, 1.82) is 0 Å². The van der Waals surface area contributed by atoms with Gasteiger partial charge in [0.2, 0.25) is 5.91 Å². The monoisotopic (exact) mass is 417 g/mol. The Labute approximate surface area is 168 Å². The van der Waals surface area contributed by atoms with E-state index < -0.39 is 15.7 Å². The number of benzene rings is 1. The van der Waals surface area contributed by atoms with E-state index in [4.69, 9.17) is 17.3 Å². The zero-order chi connectivity index (χ0) is 19.9. The van der Waals surface area contributed by atoms with Gasteiger partial charge in [0.05, 0.1) is 17.9 Å². The number of nitrogens with two attached hydrogens (primary N) is 1. The van der Waals surface area contributed by atoms with Crippen molar-refractivity contribution in [2.75, 3.05) is 11.5 Å². The molecule has 0 saturated carbocycles. The number of aromatic amines is 1. The Morgan fingerprint density at radius 2 is 1.96 bits per heavy atom. The van der Waals surface area contributed by atoms with Gasteiger partial charge in [0, 0.05) is 23.3 Å². The first kappa shape index (κ1) is 19.0. The van der Waals surface area contributed by atoms with E-state index in [1.165, 1.54) is 0 Å². The topological polar surface area (TPSA) is 106 Å². The van der Waals surface area contributed by atoms with E-state index in [0.717, 1.165) is 33.2 Å². The molecule has 3 heterocycles. The van der Waals surface area contributed by atoms with E-state index in [1.807, 2.05) is 18.3 Å². The summed E-state index contributed by atoms with van der Waals surface area (Å²) >= 11 is 6.05. The van der Waals surface area contributed by atoms with E-state index in [0.29, 0.717) is 18.0 Å². The molecule has 0 atom stereocenters. The average molecular weight is 418 g/mol. The lowest BCUT2D eigenvalue weighted by Crippen LogP contribution is -2.22. The second kappa shape index (κ2) is 7.22. The van der Waals surface area contributed by atoms with Crippen molar-refractivity contribution in [1.82, 2.24) is 9.97 Å². The average Bonchev–Trinajstić information content (AvgIpc) is 3.05. The van der Waals surface area contributed by atoms with Gasteiger partial charge in [-0.3, -0.25) is 4.79 Å². The smallest absolute Gasteiger partial charge is 0.221 e. The maximum Gasteiger partial charge on any atom is 0.221 e. The zero-order valence-electron chi connectivity index (χ0n) is 15.1. The molecule has 3 aromatic rings. The van der Waals surface area contributed by atoms with Gasteiger partial charge in [-0.2, -0.15) is 0 Å². The molecule has 28 heavy (non-hydrogen) atoms. The number of nitrogens with one attached hydrogen (secondary N) is 1. The molecule has 0 unspecified atom stereocenters. The number of halogens is 1. The summed E-state index contributed by atoms with van der Waals surface area (Å²) in [6.45, 7) is 0. The number of primary amides is 1. The van der Waals surface area contributed by atoms with Crippen molar-refractivity contribution in [2.24, 2.45) is 5.73 Å². The number of aromatic nitrogens is 2. The maximum atomic E-state index is 11.8. The molecule has 1 aliphatic heterocycles. The van der Waals surface area contributed by atoms with E-state index >= 15 is 0 Å². The highest BCUT2D eigenvalue weighted by atomic mass is 35.5. The Hall–Kier alpha value is -2.38. The Balaban J connectivity index is 1.84. The molecule has 0 spiro atoms. The molecule has 2 aromatic heterocycles. The van der Waals surface area contributed by atoms with Gasteiger partial charge in [0.1, 0.15) is 15.0 Å². The van der Waals surface area contributed by atoms with Gasteiger partial charge in [-0.1, -0.05) is 11.6 Å². The minimum Gasteiger partial charge on any atom is -0.369 e. The zero-order valence-corrected chi connectivity index (χ0v) is 16.7. The highest BCUT2D eigenvalue weighted by Gasteiger charge is 2.27. The highest BCUT2D eigenvalue weighted by molar-refractivity contribution is 7.91. The van der Waals surface area contributed by atoms with Crippen LogP contribution in [0, 0.1) is 0 Å². The first-order chi connectivity index (χ1) is 13.3. The van der Waals surface area contributed by atoms with Crippen LogP contribution in [0.5, 0.6) is 0 Å². The van der Waals surface area contributed by atoms with Gasteiger partial charge >= 0.3 is 0 Å². The molecule has 8 heteroatoms. The van der Waals surface area contributed by atoms with Crippen LogP contribution in [0.2, 0.25) is 5.15 Å². The predicted molar refractivity (Wildman–Crippen MR) is 110 cm³/mol. The van der Waals surface area contributed by atoms with Crippen molar-refractivity contribution in [3.05, 3.63) is 52.9 Å². The molecular formula is C20H20ClN3O3S. The molecule has 1 amide bonds. The lowest BCUT2D eigenvalue weighted by atomic mass is 9.90. The summed E-state index contributed by atoms with van der Waals surface area (Å²) in [5.41, 5.74) is 10.0. The number of carbonyl (C=O) groups is 1. The molecule has 1 saturated heterocycles. The molecule has 0 radical (unpaired) electrons. The Kier molecular flexibility index (Phi) is 4.89. The van der Waals surface area contributed by atoms with Crippen molar-refractivity contribution >= 4 is 38.2 Å². The van der Waals surface area contributed by atoms with Crippen LogP contribution in [-0.4, -0.2) is 35.8 Å². The lowest BCUT2D eigenvalue weighted by molar-refractivity contribution is -0.117. The molecule has 0 aliphatic carbocycles. The second-order valence-corrected chi connectivity index (χ2v) is 9.93. The van der Waals surface area contributed by atoms with E-state index in [9.17, 15) is 13.2 Å². The minimum absolute atomic E-state index is 0.113. The molecule has 0 bridgehead atoms. The van der Waals surface area contributed by atoms with Crippen molar-refractivity contribution in [3.8, 4) is 11.1 Å². The molecule has 1 aromatic carbocycles. The fourth-order valence-corrected chi connectivity index (χ4v) is 5.61. The van der Waals surface area contributed by atoms with Gasteiger partial charge in [0.15, 0.2) is 0 Å². The number of amides is 1. The van der Waals surface area contributed by atoms with Crippen molar-refractivity contribution in [3.63, 3.8) is 0 Å². The number of H-pyrrole nitrogens is 1. The van der Waals surface area contributed by atoms with Crippen LogP contribution in [0.4, 0.5) is 0 Å². The third-order valence-electron chi connectivity index (χ3n) is 5.32. The lowest BCUT2D eigenvalue weighted by Gasteiger charge is -2.21. The summed E-state index contributed by atoms with van der Waals surface area (Å²) in [5, 5.41) is 1.38. The van der Waals surface area contributed by atoms with Crippen LogP contribution < -0.4 is 5.73 Å². The number of sulfone groups is 1. The van der Waals surface area contributed by atoms with Gasteiger partial charge in [-0.25, -0.2) is 13.4 Å². The molecule has 6 nitrogen and oxygen atoms in total.